The first-order valence-electron chi connectivity index (χ1n) is 5.49. The summed E-state index contributed by atoms with van der Waals surface area (Å²) in [7, 11) is 1.60. The molecule has 1 heterocycles. The summed E-state index contributed by atoms with van der Waals surface area (Å²) in [5.74, 6) is 0.903. The summed E-state index contributed by atoms with van der Waals surface area (Å²) in [5, 5.41) is 3.28. The third-order valence-corrected chi connectivity index (χ3v) is 2.94. The van der Waals surface area contributed by atoms with Gasteiger partial charge in [0.15, 0.2) is 0 Å². The Kier molecular flexibility index (Phi) is 3.08. The maximum atomic E-state index is 10.9. The maximum absolute atomic E-state index is 10.9. The minimum atomic E-state index is -0.752. The zero-order valence-electron chi connectivity index (χ0n) is 9.90. The van der Waals surface area contributed by atoms with Gasteiger partial charge in [-0.1, -0.05) is 6.92 Å². The van der Waals surface area contributed by atoms with E-state index in [4.69, 9.17) is 15.2 Å². The monoisotopic (exact) mass is 236 g/mol. The van der Waals surface area contributed by atoms with Crippen LogP contribution in [0.2, 0.25) is 0 Å². The van der Waals surface area contributed by atoms with Gasteiger partial charge in [-0.2, -0.15) is 0 Å². The number of hydrogen-bond donors (Lipinski definition) is 2. The Bertz CT molecular complexity index is 434. The van der Waals surface area contributed by atoms with Crippen molar-refractivity contribution in [3.63, 3.8) is 0 Å². The van der Waals surface area contributed by atoms with Crippen LogP contribution in [0.15, 0.2) is 18.2 Å². The van der Waals surface area contributed by atoms with Crippen LogP contribution < -0.4 is 15.8 Å². The highest BCUT2D eigenvalue weighted by molar-refractivity contribution is 5.66. The van der Waals surface area contributed by atoms with Crippen molar-refractivity contribution < 1.29 is 14.3 Å². The molecule has 1 aliphatic heterocycles. The number of benzene rings is 1. The van der Waals surface area contributed by atoms with Gasteiger partial charge in [-0.25, -0.2) is 4.79 Å². The Hall–Kier alpha value is -1.91. The predicted molar refractivity (Wildman–Crippen MR) is 64.1 cm³/mol. The molecule has 0 saturated heterocycles. The quantitative estimate of drug-likeness (QED) is 0.822. The summed E-state index contributed by atoms with van der Waals surface area (Å²) in [4.78, 5) is 10.9. The van der Waals surface area contributed by atoms with Crippen molar-refractivity contribution in [2.75, 3.05) is 19.0 Å². The van der Waals surface area contributed by atoms with Gasteiger partial charge >= 0.3 is 6.09 Å². The van der Waals surface area contributed by atoms with Crippen LogP contribution in [0.3, 0.4) is 0 Å². The van der Waals surface area contributed by atoms with Gasteiger partial charge in [-0.15, -0.1) is 0 Å². The Morgan fingerprint density at radius 2 is 2.29 bits per heavy atom. The number of primary amides is 1. The zero-order valence-corrected chi connectivity index (χ0v) is 9.90. The first kappa shape index (κ1) is 11.6. The lowest BCUT2D eigenvalue weighted by Crippen LogP contribution is -2.30. The van der Waals surface area contributed by atoms with Gasteiger partial charge in [0, 0.05) is 23.7 Å². The second kappa shape index (κ2) is 4.53. The smallest absolute Gasteiger partial charge is 0.405 e. The van der Waals surface area contributed by atoms with E-state index in [-0.39, 0.29) is 12.0 Å². The van der Waals surface area contributed by atoms with Crippen molar-refractivity contribution in [2.24, 2.45) is 11.7 Å². The highest BCUT2D eigenvalue weighted by atomic mass is 16.6. The maximum Gasteiger partial charge on any atom is 0.405 e. The lowest BCUT2D eigenvalue weighted by molar-refractivity contribution is 0.0743. The molecule has 2 unspecified atom stereocenters. The summed E-state index contributed by atoms with van der Waals surface area (Å²) in [6.07, 6.45) is -1.07. The second-order valence-corrected chi connectivity index (χ2v) is 4.17. The molecule has 0 saturated carbocycles. The van der Waals surface area contributed by atoms with E-state index in [1.165, 1.54) is 0 Å². The highest BCUT2D eigenvalue weighted by Gasteiger charge is 2.29. The van der Waals surface area contributed by atoms with E-state index in [1.807, 2.05) is 25.1 Å². The number of ether oxygens (including phenoxy) is 2. The number of nitrogens with one attached hydrogen (secondary N) is 1. The molecule has 0 radical (unpaired) electrons. The average Bonchev–Trinajstić information content (AvgIpc) is 2.32. The van der Waals surface area contributed by atoms with Crippen molar-refractivity contribution in [1.29, 1.82) is 0 Å². The van der Waals surface area contributed by atoms with Crippen LogP contribution in [0, 0.1) is 5.92 Å². The normalized spacial score (nSPS) is 22.2. The average molecular weight is 236 g/mol. The van der Waals surface area contributed by atoms with E-state index in [2.05, 4.69) is 5.32 Å². The molecule has 2 atom stereocenters. The van der Waals surface area contributed by atoms with Crippen LogP contribution >= 0.6 is 0 Å². The van der Waals surface area contributed by atoms with E-state index in [9.17, 15) is 4.79 Å². The van der Waals surface area contributed by atoms with E-state index >= 15 is 0 Å². The van der Waals surface area contributed by atoms with Crippen molar-refractivity contribution >= 4 is 11.8 Å². The van der Waals surface area contributed by atoms with Crippen molar-refractivity contribution in [3.05, 3.63) is 23.8 Å². The van der Waals surface area contributed by atoms with E-state index in [0.717, 1.165) is 23.5 Å². The molecule has 0 bridgehead atoms. The molecule has 0 spiro atoms. The van der Waals surface area contributed by atoms with Gasteiger partial charge in [0.05, 0.1) is 7.11 Å². The molecule has 1 amide bonds. The molecule has 1 aromatic carbocycles. The Morgan fingerprint density at radius 1 is 1.53 bits per heavy atom. The molecule has 17 heavy (non-hydrogen) atoms. The van der Waals surface area contributed by atoms with Crippen LogP contribution in [0.25, 0.3) is 0 Å². The summed E-state index contributed by atoms with van der Waals surface area (Å²) >= 11 is 0. The lowest BCUT2D eigenvalue weighted by atomic mass is 9.92. The fourth-order valence-electron chi connectivity index (χ4n) is 2.05. The molecule has 1 aliphatic rings. The minimum absolute atomic E-state index is 0.169. The fraction of sp³-hybridized carbons (Fsp3) is 0.417. The van der Waals surface area contributed by atoms with E-state index < -0.39 is 6.09 Å². The van der Waals surface area contributed by atoms with Crippen LogP contribution in [0.1, 0.15) is 18.6 Å². The second-order valence-electron chi connectivity index (χ2n) is 4.17. The predicted octanol–water partition coefficient (Wildman–Crippen LogP) is 1.89. The molecular formula is C12H16N2O3. The summed E-state index contributed by atoms with van der Waals surface area (Å²) < 4.78 is 10.3. The lowest BCUT2D eigenvalue weighted by Gasteiger charge is -2.31. The summed E-state index contributed by atoms with van der Waals surface area (Å²) in [6.45, 7) is 2.75. The fourth-order valence-corrected chi connectivity index (χ4v) is 2.05. The van der Waals surface area contributed by atoms with Gasteiger partial charge in [-0.05, 0) is 18.2 Å². The minimum Gasteiger partial charge on any atom is -0.497 e. The number of carbonyl (C=O) groups is 1. The molecule has 5 heteroatoms. The van der Waals surface area contributed by atoms with Gasteiger partial charge in [0.1, 0.15) is 11.9 Å². The van der Waals surface area contributed by atoms with Crippen molar-refractivity contribution in [3.8, 4) is 5.75 Å². The van der Waals surface area contributed by atoms with Gasteiger partial charge in [-0.3, -0.25) is 0 Å². The van der Waals surface area contributed by atoms with Crippen LogP contribution in [-0.4, -0.2) is 19.7 Å². The SMILES string of the molecule is COc1ccc2c(c1)C(OC(N)=O)C(C)CN2. The van der Waals surface area contributed by atoms with E-state index in [1.54, 1.807) is 7.11 Å². The summed E-state index contributed by atoms with van der Waals surface area (Å²) in [5.41, 5.74) is 6.96. The topological polar surface area (TPSA) is 73.6 Å². The first-order chi connectivity index (χ1) is 8.11. The Labute approximate surface area is 99.9 Å². The molecule has 1 aromatic rings. The third-order valence-electron chi connectivity index (χ3n) is 2.94. The van der Waals surface area contributed by atoms with Gasteiger partial charge in [0.25, 0.3) is 0 Å². The number of fused-ring (bicyclic) bond motifs is 1. The standard InChI is InChI=1S/C12H16N2O3/c1-7-6-14-10-4-3-8(16-2)5-9(10)11(7)17-12(13)15/h3-5,7,11,14H,6H2,1-2H3,(H2,13,15). The van der Waals surface area contributed by atoms with Crippen molar-refractivity contribution in [2.45, 2.75) is 13.0 Å². The molecule has 0 aromatic heterocycles. The molecule has 0 fully saturated rings. The Balaban J connectivity index is 2.37. The summed E-state index contributed by atoms with van der Waals surface area (Å²) in [6, 6.07) is 5.64. The number of amides is 1. The number of hydrogen-bond acceptors (Lipinski definition) is 4. The first-order valence-corrected chi connectivity index (χ1v) is 5.49. The molecule has 92 valence electrons. The molecule has 3 N–H and O–H groups in total. The van der Waals surface area contributed by atoms with Gasteiger partial charge < -0.3 is 20.5 Å². The highest BCUT2D eigenvalue weighted by Crippen LogP contribution is 2.37. The molecule has 2 rings (SSSR count). The van der Waals surface area contributed by atoms with E-state index in [0.29, 0.717) is 0 Å². The number of nitrogens with two attached hydrogens (primary N) is 1. The van der Waals surface area contributed by atoms with Crippen LogP contribution in [0.4, 0.5) is 10.5 Å². The van der Waals surface area contributed by atoms with Crippen LogP contribution in [-0.2, 0) is 4.74 Å². The zero-order chi connectivity index (χ0) is 12.4. The Morgan fingerprint density at radius 3 is 2.94 bits per heavy atom. The number of methoxy groups -OCH3 is 1. The number of rotatable bonds is 2. The number of carbonyl (C=O) groups excluding carboxylic acids is 1. The number of anilines is 1. The molecular weight excluding hydrogens is 220 g/mol. The van der Waals surface area contributed by atoms with Crippen LogP contribution in [0.5, 0.6) is 5.75 Å². The van der Waals surface area contributed by atoms with Gasteiger partial charge in [0.2, 0.25) is 0 Å². The molecule has 0 aliphatic carbocycles. The molecule has 5 nitrogen and oxygen atoms in total. The van der Waals surface area contributed by atoms with Crippen molar-refractivity contribution in [1.82, 2.24) is 0 Å². The largest absolute Gasteiger partial charge is 0.497 e. The third kappa shape index (κ3) is 2.27.